The molecule has 0 bridgehead atoms. The molecule has 0 saturated heterocycles. The van der Waals surface area contributed by atoms with Crippen LogP contribution in [0.1, 0.15) is 0 Å². The first-order valence-corrected chi connectivity index (χ1v) is 7.51. The van der Waals surface area contributed by atoms with Gasteiger partial charge in [0, 0.05) is 0 Å². The summed E-state index contributed by atoms with van der Waals surface area (Å²) in [6.45, 7) is 0.500. The second-order valence-electron chi connectivity index (χ2n) is 5.08. The van der Waals surface area contributed by atoms with Crippen molar-refractivity contribution in [1.82, 2.24) is 20.3 Å². The molecule has 3 rings (SSSR count). The van der Waals surface area contributed by atoms with E-state index < -0.39 is 0 Å². The van der Waals surface area contributed by atoms with Crippen LogP contribution >= 0.6 is 0 Å². The lowest BCUT2D eigenvalue weighted by Crippen LogP contribution is -2.36. The van der Waals surface area contributed by atoms with E-state index in [4.69, 9.17) is 4.74 Å². The van der Waals surface area contributed by atoms with Gasteiger partial charge in [0.05, 0.1) is 11.9 Å². The van der Waals surface area contributed by atoms with Gasteiger partial charge in [0.1, 0.15) is 24.4 Å². The Morgan fingerprint density at radius 3 is 2.67 bits per heavy atom. The van der Waals surface area contributed by atoms with E-state index in [-0.39, 0.29) is 18.0 Å². The number of fused-ring (bicyclic) bond motifs is 1. The summed E-state index contributed by atoms with van der Waals surface area (Å²) in [5, 5.41) is 10.8. The van der Waals surface area contributed by atoms with Gasteiger partial charge < -0.3 is 10.1 Å². The molecule has 3 aromatic rings. The zero-order valence-corrected chi connectivity index (χ0v) is 12.9. The Kier molecular flexibility index (Phi) is 4.81. The smallest absolute Gasteiger partial charge is 0.278 e. The third kappa shape index (κ3) is 3.75. The molecule has 1 N–H and O–H groups in total. The highest BCUT2D eigenvalue weighted by atomic mass is 16.5. The fourth-order valence-electron chi connectivity index (χ4n) is 2.19. The van der Waals surface area contributed by atoms with Crippen molar-refractivity contribution in [3.63, 3.8) is 0 Å². The van der Waals surface area contributed by atoms with Crippen molar-refractivity contribution in [2.24, 2.45) is 0 Å². The van der Waals surface area contributed by atoms with Crippen molar-refractivity contribution in [3.05, 3.63) is 65.0 Å². The standard InChI is InChI=1S/C17H16N4O3/c22-16(18-10-11-24-13-6-2-1-3-7-13)12-21-17(23)14-8-4-5-9-15(14)19-20-21/h1-9H,10-12H2,(H,18,22). The number of nitrogens with one attached hydrogen (secondary N) is 1. The van der Waals surface area contributed by atoms with E-state index in [9.17, 15) is 9.59 Å². The van der Waals surface area contributed by atoms with E-state index in [0.717, 1.165) is 10.4 Å². The van der Waals surface area contributed by atoms with E-state index in [0.29, 0.717) is 24.1 Å². The second-order valence-corrected chi connectivity index (χ2v) is 5.08. The summed E-state index contributed by atoms with van der Waals surface area (Å²) in [7, 11) is 0. The third-order valence-corrected chi connectivity index (χ3v) is 3.36. The van der Waals surface area contributed by atoms with Gasteiger partial charge in [-0.2, -0.15) is 0 Å². The quantitative estimate of drug-likeness (QED) is 0.683. The SMILES string of the molecule is O=C(Cn1nnc2ccccc2c1=O)NCCOc1ccccc1. The Morgan fingerprint density at radius 2 is 1.83 bits per heavy atom. The van der Waals surface area contributed by atoms with Gasteiger partial charge in [-0.15, -0.1) is 5.10 Å². The van der Waals surface area contributed by atoms with Crippen LogP contribution in [0.4, 0.5) is 0 Å². The van der Waals surface area contributed by atoms with Crippen LogP contribution in [0.25, 0.3) is 10.9 Å². The molecular formula is C17H16N4O3. The van der Waals surface area contributed by atoms with Crippen LogP contribution in [0.2, 0.25) is 0 Å². The van der Waals surface area contributed by atoms with Crippen molar-refractivity contribution >= 4 is 16.8 Å². The first kappa shape index (κ1) is 15.7. The Bertz CT molecular complexity index is 893. The number of hydrogen-bond acceptors (Lipinski definition) is 5. The third-order valence-electron chi connectivity index (χ3n) is 3.36. The zero-order valence-electron chi connectivity index (χ0n) is 12.9. The van der Waals surface area contributed by atoms with E-state index in [1.807, 2.05) is 30.3 Å². The van der Waals surface area contributed by atoms with Crippen LogP contribution in [-0.4, -0.2) is 34.1 Å². The van der Waals surface area contributed by atoms with Gasteiger partial charge in [-0.1, -0.05) is 35.5 Å². The molecule has 0 radical (unpaired) electrons. The Morgan fingerprint density at radius 1 is 1.08 bits per heavy atom. The highest BCUT2D eigenvalue weighted by Crippen LogP contribution is 2.07. The maximum atomic E-state index is 12.2. The van der Waals surface area contributed by atoms with Crippen LogP contribution in [0, 0.1) is 0 Å². The molecule has 0 saturated carbocycles. The van der Waals surface area contributed by atoms with Crippen molar-refractivity contribution in [1.29, 1.82) is 0 Å². The lowest BCUT2D eigenvalue weighted by molar-refractivity contribution is -0.122. The Labute approximate surface area is 137 Å². The van der Waals surface area contributed by atoms with Gasteiger partial charge in [-0.25, -0.2) is 4.68 Å². The topological polar surface area (TPSA) is 86.1 Å². The van der Waals surface area contributed by atoms with E-state index in [2.05, 4.69) is 15.6 Å². The molecule has 1 aromatic heterocycles. The van der Waals surface area contributed by atoms with Crippen molar-refractivity contribution in [3.8, 4) is 5.75 Å². The minimum absolute atomic E-state index is 0.179. The maximum Gasteiger partial charge on any atom is 0.278 e. The number of para-hydroxylation sites is 1. The predicted octanol–water partition coefficient (Wildman–Crippen LogP) is 0.987. The zero-order chi connectivity index (χ0) is 16.8. The first-order valence-electron chi connectivity index (χ1n) is 7.51. The molecule has 2 aromatic carbocycles. The van der Waals surface area contributed by atoms with Gasteiger partial charge in [0.25, 0.3) is 5.56 Å². The molecule has 7 nitrogen and oxygen atoms in total. The lowest BCUT2D eigenvalue weighted by Gasteiger charge is -2.08. The summed E-state index contributed by atoms with van der Waals surface area (Å²) in [5.74, 6) is 0.418. The summed E-state index contributed by atoms with van der Waals surface area (Å²) >= 11 is 0. The molecule has 0 spiro atoms. The first-order chi connectivity index (χ1) is 11.7. The summed E-state index contributed by atoms with van der Waals surface area (Å²) in [5.41, 5.74) is 0.173. The maximum absolute atomic E-state index is 12.2. The normalized spacial score (nSPS) is 10.5. The van der Waals surface area contributed by atoms with Gasteiger partial charge >= 0.3 is 0 Å². The number of aromatic nitrogens is 3. The largest absolute Gasteiger partial charge is 0.492 e. The van der Waals surface area contributed by atoms with Crippen LogP contribution in [0.5, 0.6) is 5.75 Å². The summed E-state index contributed by atoms with van der Waals surface area (Å²) < 4.78 is 6.53. The van der Waals surface area contributed by atoms with Crippen molar-refractivity contribution in [2.45, 2.75) is 6.54 Å². The lowest BCUT2D eigenvalue weighted by atomic mass is 10.2. The van der Waals surface area contributed by atoms with Crippen molar-refractivity contribution in [2.75, 3.05) is 13.2 Å². The number of hydrogen-bond donors (Lipinski definition) is 1. The molecule has 24 heavy (non-hydrogen) atoms. The van der Waals surface area contributed by atoms with Crippen molar-refractivity contribution < 1.29 is 9.53 Å². The molecule has 0 aliphatic heterocycles. The number of amides is 1. The predicted molar refractivity (Wildman–Crippen MR) is 88.7 cm³/mol. The van der Waals surface area contributed by atoms with Gasteiger partial charge in [-0.05, 0) is 24.3 Å². The number of benzene rings is 2. The Balaban J connectivity index is 1.53. The minimum Gasteiger partial charge on any atom is -0.492 e. The summed E-state index contributed by atoms with van der Waals surface area (Å²) in [6.07, 6.45) is 0. The van der Waals surface area contributed by atoms with Crippen LogP contribution in [0.3, 0.4) is 0 Å². The monoisotopic (exact) mass is 324 g/mol. The second kappa shape index (κ2) is 7.36. The molecule has 0 fully saturated rings. The highest BCUT2D eigenvalue weighted by molar-refractivity contribution is 5.78. The molecule has 0 aliphatic carbocycles. The Hall–Kier alpha value is -3.22. The van der Waals surface area contributed by atoms with E-state index in [1.54, 1.807) is 24.3 Å². The van der Waals surface area contributed by atoms with Crippen LogP contribution in [0.15, 0.2) is 59.4 Å². The average molecular weight is 324 g/mol. The molecule has 0 unspecified atom stereocenters. The van der Waals surface area contributed by atoms with E-state index in [1.165, 1.54) is 0 Å². The van der Waals surface area contributed by atoms with Gasteiger partial charge in [0.2, 0.25) is 5.91 Å². The molecule has 1 heterocycles. The van der Waals surface area contributed by atoms with Gasteiger partial charge in [0.15, 0.2) is 0 Å². The number of rotatable bonds is 6. The van der Waals surface area contributed by atoms with Crippen LogP contribution < -0.4 is 15.6 Å². The molecule has 0 atom stereocenters. The number of nitrogens with zero attached hydrogens (tertiary/aromatic N) is 3. The molecule has 1 amide bonds. The molecule has 122 valence electrons. The minimum atomic E-state index is -0.337. The fraction of sp³-hybridized carbons (Fsp3) is 0.176. The molecule has 0 aliphatic rings. The average Bonchev–Trinajstić information content (AvgIpc) is 2.62. The molecular weight excluding hydrogens is 308 g/mol. The number of ether oxygens (including phenoxy) is 1. The fourth-order valence-corrected chi connectivity index (χ4v) is 2.19. The summed E-state index contributed by atoms with van der Waals surface area (Å²) in [6, 6.07) is 16.2. The molecule has 7 heteroatoms. The summed E-state index contributed by atoms with van der Waals surface area (Å²) in [4.78, 5) is 24.2. The number of carbonyl (C=O) groups is 1. The highest BCUT2D eigenvalue weighted by Gasteiger charge is 2.08. The van der Waals surface area contributed by atoms with Crippen LogP contribution in [-0.2, 0) is 11.3 Å². The van der Waals surface area contributed by atoms with Gasteiger partial charge in [-0.3, -0.25) is 9.59 Å². The van der Waals surface area contributed by atoms with E-state index >= 15 is 0 Å². The number of carbonyl (C=O) groups excluding carboxylic acids is 1.